The Morgan fingerprint density at radius 1 is 1.28 bits per heavy atom. The summed E-state index contributed by atoms with van der Waals surface area (Å²) in [6.07, 6.45) is -1.06. The number of anilines is 1. The second-order valence-electron chi connectivity index (χ2n) is 5.67. The summed E-state index contributed by atoms with van der Waals surface area (Å²) in [6.45, 7) is 1.17. The number of nitrogen functional groups attached to an aromatic ring is 1. The lowest BCUT2D eigenvalue weighted by Crippen LogP contribution is -2.43. The van der Waals surface area contributed by atoms with E-state index in [2.05, 4.69) is 5.32 Å². The zero-order valence-corrected chi connectivity index (χ0v) is 14.5. The van der Waals surface area contributed by atoms with Crippen LogP contribution in [0.3, 0.4) is 0 Å². The molecule has 0 aliphatic carbocycles. The lowest BCUT2D eigenvalue weighted by Gasteiger charge is -2.22. The van der Waals surface area contributed by atoms with Gasteiger partial charge in [0.1, 0.15) is 11.9 Å². The number of rotatable bonds is 7. The summed E-state index contributed by atoms with van der Waals surface area (Å²) in [5.41, 5.74) is 7.55. The lowest BCUT2D eigenvalue weighted by atomic mass is 10.0. The van der Waals surface area contributed by atoms with Crippen molar-refractivity contribution >= 4 is 23.2 Å². The van der Waals surface area contributed by atoms with E-state index in [9.17, 15) is 15.0 Å². The van der Waals surface area contributed by atoms with Crippen molar-refractivity contribution in [2.45, 2.75) is 19.1 Å². The molecule has 2 atom stereocenters. The summed E-state index contributed by atoms with van der Waals surface area (Å²) in [4.78, 5) is 12.0. The van der Waals surface area contributed by atoms with Gasteiger partial charge in [0, 0.05) is 10.7 Å². The molecule has 7 heteroatoms. The average Bonchev–Trinajstić information content (AvgIpc) is 2.60. The van der Waals surface area contributed by atoms with Crippen molar-refractivity contribution in [2.75, 3.05) is 18.9 Å². The minimum atomic E-state index is -1.06. The zero-order valence-electron chi connectivity index (χ0n) is 13.8. The molecule has 0 aliphatic heterocycles. The Hall–Kier alpha value is -2.28. The average molecular weight is 365 g/mol. The van der Waals surface area contributed by atoms with Crippen LogP contribution in [0.1, 0.15) is 17.2 Å². The fourth-order valence-corrected chi connectivity index (χ4v) is 2.37. The number of aliphatic hydroxyl groups is 2. The third-order valence-corrected chi connectivity index (χ3v) is 4.13. The molecule has 0 heterocycles. The molecule has 0 saturated carbocycles. The van der Waals surface area contributed by atoms with Crippen molar-refractivity contribution in [3.05, 3.63) is 58.6 Å². The van der Waals surface area contributed by atoms with Crippen LogP contribution >= 0.6 is 11.6 Å². The van der Waals surface area contributed by atoms with Gasteiger partial charge in [-0.2, -0.15) is 0 Å². The molecular formula is C18H21ClN2O4. The molecule has 6 nitrogen and oxygen atoms in total. The topological polar surface area (TPSA) is 105 Å². The van der Waals surface area contributed by atoms with Crippen LogP contribution in [0, 0.1) is 6.92 Å². The van der Waals surface area contributed by atoms with Crippen molar-refractivity contribution in [3.8, 4) is 5.75 Å². The number of nitrogens with one attached hydrogen (secondary N) is 1. The normalized spacial score (nSPS) is 13.1. The molecule has 25 heavy (non-hydrogen) atoms. The second-order valence-corrected chi connectivity index (χ2v) is 6.07. The maximum atomic E-state index is 12.0. The number of benzene rings is 2. The minimum Gasteiger partial charge on any atom is -0.484 e. The van der Waals surface area contributed by atoms with Gasteiger partial charge in [0.25, 0.3) is 5.91 Å². The van der Waals surface area contributed by atoms with Gasteiger partial charge in [-0.05, 0) is 48.4 Å². The summed E-state index contributed by atoms with van der Waals surface area (Å²) in [7, 11) is 0. The fraction of sp³-hybridized carbons (Fsp3) is 0.278. The highest BCUT2D eigenvalue weighted by molar-refractivity contribution is 6.31. The van der Waals surface area contributed by atoms with Crippen molar-refractivity contribution in [1.82, 2.24) is 5.32 Å². The predicted molar refractivity (Wildman–Crippen MR) is 96.5 cm³/mol. The summed E-state index contributed by atoms with van der Waals surface area (Å²) in [6, 6.07) is 10.8. The highest BCUT2D eigenvalue weighted by Gasteiger charge is 2.22. The van der Waals surface area contributed by atoms with Gasteiger partial charge < -0.3 is 26.0 Å². The lowest BCUT2D eigenvalue weighted by molar-refractivity contribution is -0.125. The Morgan fingerprint density at radius 3 is 2.56 bits per heavy atom. The minimum absolute atomic E-state index is 0.244. The molecule has 1 amide bonds. The molecule has 2 rings (SSSR count). The van der Waals surface area contributed by atoms with Gasteiger partial charge in [-0.15, -0.1) is 0 Å². The number of carbonyl (C=O) groups is 1. The Bertz CT molecular complexity index is 722. The zero-order chi connectivity index (χ0) is 18.4. The van der Waals surface area contributed by atoms with Crippen molar-refractivity contribution in [1.29, 1.82) is 0 Å². The van der Waals surface area contributed by atoms with E-state index in [0.717, 1.165) is 5.56 Å². The number of ether oxygens (including phenoxy) is 1. The number of amides is 1. The van der Waals surface area contributed by atoms with Crippen molar-refractivity contribution in [3.63, 3.8) is 0 Å². The first kappa shape index (κ1) is 19.1. The van der Waals surface area contributed by atoms with E-state index in [4.69, 9.17) is 22.1 Å². The van der Waals surface area contributed by atoms with Crippen molar-refractivity contribution in [2.24, 2.45) is 0 Å². The number of hydrogen-bond donors (Lipinski definition) is 4. The van der Waals surface area contributed by atoms with E-state index in [1.165, 1.54) is 0 Å². The van der Waals surface area contributed by atoms with E-state index in [1.54, 1.807) is 42.5 Å². The molecule has 0 aromatic heterocycles. The number of halogens is 1. The third kappa shape index (κ3) is 5.35. The van der Waals surface area contributed by atoms with E-state index in [1.807, 2.05) is 6.92 Å². The van der Waals surface area contributed by atoms with E-state index < -0.39 is 24.7 Å². The standard InChI is InChI=1S/C18H21ClN2O4/c1-11-8-14(6-7-15(11)19)25-10-17(23)21-16(9-22)18(24)12-2-4-13(20)5-3-12/h2-8,16,18,22,24H,9-10,20H2,1H3,(H,21,23). The molecular weight excluding hydrogens is 344 g/mol. The molecule has 0 fully saturated rings. The maximum Gasteiger partial charge on any atom is 0.258 e. The molecule has 2 unspecified atom stereocenters. The summed E-state index contributed by atoms with van der Waals surface area (Å²) >= 11 is 5.94. The number of aryl methyl sites for hydroxylation is 1. The van der Waals surface area contributed by atoms with Crippen LogP contribution in [-0.4, -0.2) is 35.4 Å². The first-order valence-electron chi connectivity index (χ1n) is 7.73. The summed E-state index contributed by atoms with van der Waals surface area (Å²) < 4.78 is 5.40. The van der Waals surface area contributed by atoms with Crippen LogP contribution in [0.2, 0.25) is 5.02 Å². The van der Waals surface area contributed by atoms with Crippen LogP contribution in [0.4, 0.5) is 5.69 Å². The predicted octanol–water partition coefficient (Wildman–Crippen LogP) is 1.82. The monoisotopic (exact) mass is 364 g/mol. The highest BCUT2D eigenvalue weighted by atomic mass is 35.5. The largest absolute Gasteiger partial charge is 0.484 e. The molecule has 0 bridgehead atoms. The summed E-state index contributed by atoms with van der Waals surface area (Å²) in [5, 5.41) is 22.9. The van der Waals surface area contributed by atoms with E-state index in [0.29, 0.717) is 22.0 Å². The van der Waals surface area contributed by atoms with Gasteiger partial charge in [0.15, 0.2) is 6.61 Å². The molecule has 0 spiro atoms. The SMILES string of the molecule is Cc1cc(OCC(=O)NC(CO)C(O)c2ccc(N)cc2)ccc1Cl. The summed E-state index contributed by atoms with van der Waals surface area (Å²) in [5.74, 6) is 0.0535. The first-order chi connectivity index (χ1) is 11.9. The molecule has 2 aromatic rings. The Morgan fingerprint density at radius 2 is 1.96 bits per heavy atom. The van der Waals surface area contributed by atoms with E-state index in [-0.39, 0.29) is 6.61 Å². The van der Waals surface area contributed by atoms with Gasteiger partial charge in [-0.1, -0.05) is 23.7 Å². The Kier molecular flexibility index (Phi) is 6.64. The Balaban J connectivity index is 1.92. The van der Waals surface area contributed by atoms with Gasteiger partial charge >= 0.3 is 0 Å². The first-order valence-corrected chi connectivity index (χ1v) is 8.11. The van der Waals surface area contributed by atoms with Crippen LogP contribution in [-0.2, 0) is 4.79 Å². The van der Waals surface area contributed by atoms with Crippen molar-refractivity contribution < 1.29 is 19.7 Å². The van der Waals surface area contributed by atoms with Crippen LogP contribution in [0.5, 0.6) is 5.75 Å². The number of aliphatic hydroxyl groups excluding tert-OH is 2. The van der Waals surface area contributed by atoms with Gasteiger partial charge in [-0.3, -0.25) is 4.79 Å². The second kappa shape index (κ2) is 8.71. The van der Waals surface area contributed by atoms with Crippen LogP contribution in [0.25, 0.3) is 0 Å². The van der Waals surface area contributed by atoms with Gasteiger partial charge in [0.05, 0.1) is 12.6 Å². The number of nitrogens with two attached hydrogens (primary N) is 1. The molecule has 2 aromatic carbocycles. The third-order valence-electron chi connectivity index (χ3n) is 3.70. The van der Waals surface area contributed by atoms with Gasteiger partial charge in [-0.25, -0.2) is 0 Å². The van der Waals surface area contributed by atoms with Gasteiger partial charge in [0.2, 0.25) is 0 Å². The fourth-order valence-electron chi connectivity index (χ4n) is 2.25. The highest BCUT2D eigenvalue weighted by Crippen LogP contribution is 2.21. The molecule has 0 radical (unpaired) electrons. The molecule has 134 valence electrons. The smallest absolute Gasteiger partial charge is 0.258 e. The number of hydrogen-bond acceptors (Lipinski definition) is 5. The van der Waals surface area contributed by atoms with E-state index >= 15 is 0 Å². The van der Waals surface area contributed by atoms with Crippen LogP contribution < -0.4 is 15.8 Å². The number of carbonyl (C=O) groups excluding carboxylic acids is 1. The molecule has 5 N–H and O–H groups in total. The quantitative estimate of drug-likeness (QED) is 0.561. The molecule has 0 aliphatic rings. The maximum absolute atomic E-state index is 12.0. The Labute approximate surface area is 151 Å². The van der Waals surface area contributed by atoms with Crippen LogP contribution in [0.15, 0.2) is 42.5 Å². The molecule has 0 saturated heterocycles.